The van der Waals surface area contributed by atoms with Crippen LogP contribution < -0.4 is 4.74 Å². The van der Waals surface area contributed by atoms with E-state index in [0.29, 0.717) is 31.0 Å². The number of carbonyl (C=O) groups excluding carboxylic acids is 1. The third-order valence-corrected chi connectivity index (χ3v) is 7.24. The summed E-state index contributed by atoms with van der Waals surface area (Å²) in [7, 11) is -3.53. The monoisotopic (exact) mass is 456 g/mol. The van der Waals surface area contributed by atoms with Gasteiger partial charge in [-0.3, -0.25) is 4.79 Å². The Balaban J connectivity index is 1.28. The van der Waals surface area contributed by atoms with Crippen LogP contribution in [0.1, 0.15) is 28.8 Å². The van der Waals surface area contributed by atoms with Crippen molar-refractivity contribution < 1.29 is 22.7 Å². The maximum Gasteiger partial charge on any atom is 0.253 e. The van der Waals surface area contributed by atoms with E-state index in [1.807, 2.05) is 30.3 Å². The summed E-state index contributed by atoms with van der Waals surface area (Å²) in [6, 6.07) is 16.4. The summed E-state index contributed by atoms with van der Waals surface area (Å²) in [5.74, 6) is 0.603. The van der Waals surface area contributed by atoms with E-state index in [4.69, 9.17) is 9.47 Å². The van der Waals surface area contributed by atoms with Crippen molar-refractivity contribution >= 4 is 22.0 Å². The van der Waals surface area contributed by atoms with Crippen molar-refractivity contribution in [1.82, 2.24) is 9.21 Å². The van der Waals surface area contributed by atoms with Gasteiger partial charge in [0.15, 0.2) is 0 Å². The molecular weight excluding hydrogens is 428 g/mol. The SMILES string of the molecule is O=C(c1ccc(OC[C@@H]2CCCO2)cc1)N1CCN(S(=O)(=O)/C=C\c2ccccc2)CC1. The summed E-state index contributed by atoms with van der Waals surface area (Å²) in [5, 5.41) is 1.23. The molecule has 7 nitrogen and oxygen atoms in total. The molecule has 0 aliphatic carbocycles. The van der Waals surface area contributed by atoms with Crippen LogP contribution in [-0.4, -0.2) is 69.0 Å². The first kappa shape index (κ1) is 22.5. The Morgan fingerprint density at radius 2 is 1.75 bits per heavy atom. The van der Waals surface area contributed by atoms with Crippen LogP contribution in [0.5, 0.6) is 5.75 Å². The normalized spacial score (nSPS) is 20.0. The van der Waals surface area contributed by atoms with E-state index in [0.717, 1.165) is 25.0 Å². The average molecular weight is 457 g/mol. The average Bonchev–Trinajstić information content (AvgIpc) is 3.36. The molecule has 2 aromatic rings. The number of ether oxygens (including phenoxy) is 2. The first-order valence-electron chi connectivity index (χ1n) is 10.9. The molecule has 2 fully saturated rings. The molecule has 0 N–H and O–H groups in total. The summed E-state index contributed by atoms with van der Waals surface area (Å²) in [4.78, 5) is 14.5. The zero-order valence-corrected chi connectivity index (χ0v) is 18.7. The summed E-state index contributed by atoms with van der Waals surface area (Å²) < 4.78 is 37.9. The lowest BCUT2D eigenvalue weighted by molar-refractivity contribution is 0.0676. The van der Waals surface area contributed by atoms with Crippen LogP contribution in [0.15, 0.2) is 60.0 Å². The zero-order chi connectivity index (χ0) is 22.4. The molecule has 2 aromatic carbocycles. The molecule has 2 saturated heterocycles. The molecule has 1 amide bonds. The van der Waals surface area contributed by atoms with E-state index >= 15 is 0 Å². The third-order valence-electron chi connectivity index (χ3n) is 5.68. The molecule has 0 unspecified atom stereocenters. The van der Waals surface area contributed by atoms with Gasteiger partial charge in [0.1, 0.15) is 12.4 Å². The molecule has 4 rings (SSSR count). The topological polar surface area (TPSA) is 76.2 Å². The number of hydrogen-bond acceptors (Lipinski definition) is 5. The molecule has 0 radical (unpaired) electrons. The number of nitrogens with zero attached hydrogens (tertiary/aromatic N) is 2. The Labute approximate surface area is 189 Å². The Bertz CT molecular complexity index is 1020. The Hall–Kier alpha value is -2.68. The molecule has 0 bridgehead atoms. The predicted molar refractivity (Wildman–Crippen MR) is 123 cm³/mol. The maximum absolute atomic E-state index is 12.8. The maximum atomic E-state index is 12.8. The van der Waals surface area contributed by atoms with Crippen molar-refractivity contribution in [2.24, 2.45) is 0 Å². The fraction of sp³-hybridized carbons (Fsp3) is 0.375. The van der Waals surface area contributed by atoms with Crippen LogP contribution in [-0.2, 0) is 14.8 Å². The van der Waals surface area contributed by atoms with E-state index in [1.165, 1.54) is 9.71 Å². The Morgan fingerprint density at radius 3 is 2.41 bits per heavy atom. The molecule has 2 aliphatic rings. The molecule has 2 heterocycles. The molecule has 0 saturated carbocycles. The lowest BCUT2D eigenvalue weighted by Crippen LogP contribution is -2.50. The van der Waals surface area contributed by atoms with E-state index in [-0.39, 0.29) is 25.1 Å². The fourth-order valence-corrected chi connectivity index (χ4v) is 4.98. The minimum atomic E-state index is -3.53. The van der Waals surface area contributed by atoms with E-state index < -0.39 is 10.0 Å². The second-order valence-electron chi connectivity index (χ2n) is 7.92. The summed E-state index contributed by atoms with van der Waals surface area (Å²) in [5.41, 5.74) is 1.39. The van der Waals surface area contributed by atoms with Crippen LogP contribution in [0.2, 0.25) is 0 Å². The van der Waals surface area contributed by atoms with Gasteiger partial charge in [0.25, 0.3) is 5.91 Å². The highest BCUT2D eigenvalue weighted by Crippen LogP contribution is 2.18. The Kier molecular flexibility index (Phi) is 7.24. The highest BCUT2D eigenvalue weighted by atomic mass is 32.2. The van der Waals surface area contributed by atoms with Crippen LogP contribution in [0.4, 0.5) is 0 Å². The lowest BCUT2D eigenvalue weighted by atomic mass is 10.2. The minimum absolute atomic E-state index is 0.104. The highest BCUT2D eigenvalue weighted by Gasteiger charge is 2.28. The van der Waals surface area contributed by atoms with E-state index in [1.54, 1.807) is 35.2 Å². The second kappa shape index (κ2) is 10.3. The number of benzene rings is 2. The van der Waals surface area contributed by atoms with E-state index in [2.05, 4.69) is 0 Å². The van der Waals surface area contributed by atoms with Gasteiger partial charge in [-0.1, -0.05) is 30.3 Å². The standard InChI is InChI=1S/C24H28N2O5S/c27-24(21-8-10-22(11-9-21)31-19-23-7-4-17-30-23)25-13-15-26(16-14-25)32(28,29)18-12-20-5-2-1-3-6-20/h1-3,5-6,8-12,18,23H,4,7,13-17,19H2/b18-12-/t23-/m0/s1. The fourth-order valence-electron chi connectivity index (χ4n) is 3.80. The largest absolute Gasteiger partial charge is 0.491 e. The number of hydrogen-bond donors (Lipinski definition) is 0. The molecular formula is C24H28N2O5S. The van der Waals surface area contributed by atoms with Gasteiger partial charge in [0.2, 0.25) is 10.0 Å². The van der Waals surface area contributed by atoms with Gasteiger partial charge in [-0.15, -0.1) is 0 Å². The van der Waals surface area contributed by atoms with Gasteiger partial charge in [0, 0.05) is 43.8 Å². The predicted octanol–water partition coefficient (Wildman–Crippen LogP) is 3.00. The van der Waals surface area contributed by atoms with Gasteiger partial charge in [-0.2, -0.15) is 4.31 Å². The van der Waals surface area contributed by atoms with Gasteiger partial charge in [-0.25, -0.2) is 8.42 Å². The summed E-state index contributed by atoms with van der Waals surface area (Å²) >= 11 is 0. The smallest absolute Gasteiger partial charge is 0.253 e. The Morgan fingerprint density at radius 1 is 1.03 bits per heavy atom. The number of amides is 1. The quantitative estimate of drug-likeness (QED) is 0.640. The number of carbonyl (C=O) groups is 1. The third kappa shape index (κ3) is 5.76. The molecule has 32 heavy (non-hydrogen) atoms. The summed E-state index contributed by atoms with van der Waals surface area (Å²) in [6.07, 6.45) is 3.82. The minimum Gasteiger partial charge on any atom is -0.491 e. The highest BCUT2D eigenvalue weighted by molar-refractivity contribution is 7.92. The van der Waals surface area contributed by atoms with Crippen LogP contribution in [0.25, 0.3) is 6.08 Å². The first-order valence-corrected chi connectivity index (χ1v) is 12.4. The van der Waals surface area contributed by atoms with Crippen LogP contribution in [0.3, 0.4) is 0 Å². The van der Waals surface area contributed by atoms with Gasteiger partial charge < -0.3 is 14.4 Å². The number of piperazine rings is 1. The van der Waals surface area contributed by atoms with Crippen molar-refractivity contribution in [3.63, 3.8) is 0 Å². The van der Waals surface area contributed by atoms with Gasteiger partial charge >= 0.3 is 0 Å². The van der Waals surface area contributed by atoms with Crippen molar-refractivity contribution in [2.45, 2.75) is 18.9 Å². The van der Waals surface area contributed by atoms with Crippen LogP contribution >= 0.6 is 0 Å². The molecule has 8 heteroatoms. The van der Waals surface area contributed by atoms with Gasteiger partial charge in [0.05, 0.1) is 6.10 Å². The number of rotatable bonds is 7. The van der Waals surface area contributed by atoms with Crippen molar-refractivity contribution in [3.05, 3.63) is 71.1 Å². The second-order valence-corrected chi connectivity index (χ2v) is 9.74. The molecule has 2 aliphatic heterocycles. The summed E-state index contributed by atoms with van der Waals surface area (Å²) in [6.45, 7) is 2.57. The molecule has 0 spiro atoms. The van der Waals surface area contributed by atoms with E-state index in [9.17, 15) is 13.2 Å². The van der Waals surface area contributed by atoms with Crippen LogP contribution in [0, 0.1) is 0 Å². The van der Waals surface area contributed by atoms with Crippen molar-refractivity contribution in [1.29, 1.82) is 0 Å². The lowest BCUT2D eigenvalue weighted by Gasteiger charge is -2.33. The molecule has 170 valence electrons. The zero-order valence-electron chi connectivity index (χ0n) is 17.9. The first-order chi connectivity index (χ1) is 15.5. The van der Waals surface area contributed by atoms with Gasteiger partial charge in [-0.05, 0) is 48.7 Å². The number of sulfonamides is 1. The molecule has 1 atom stereocenters. The van der Waals surface area contributed by atoms with Crippen molar-refractivity contribution in [3.8, 4) is 5.75 Å². The van der Waals surface area contributed by atoms with Crippen molar-refractivity contribution in [2.75, 3.05) is 39.4 Å². The molecule has 0 aromatic heterocycles.